The van der Waals surface area contributed by atoms with Crippen LogP contribution in [0.2, 0.25) is 0 Å². The Hall–Kier alpha value is -1.16. The molecule has 1 heterocycles. The number of thiophene rings is 1. The van der Waals surface area contributed by atoms with Crippen molar-refractivity contribution in [3.8, 4) is 0 Å². The predicted molar refractivity (Wildman–Crippen MR) is 50.0 cm³/mol. The van der Waals surface area contributed by atoms with E-state index in [1.807, 2.05) is 6.07 Å². The second-order valence-electron chi connectivity index (χ2n) is 2.51. The van der Waals surface area contributed by atoms with Gasteiger partial charge in [0.25, 0.3) is 0 Å². The highest BCUT2D eigenvalue weighted by Crippen LogP contribution is 2.14. The summed E-state index contributed by atoms with van der Waals surface area (Å²) in [4.78, 5) is 22.5. The van der Waals surface area contributed by atoms with E-state index in [4.69, 9.17) is 4.74 Å². The van der Waals surface area contributed by atoms with Gasteiger partial charge in [-0.25, -0.2) is 0 Å². The highest BCUT2D eigenvalue weighted by Gasteiger charge is 1.99. The van der Waals surface area contributed by atoms with Gasteiger partial charge in [0, 0.05) is 18.2 Å². The standard InChI is InChI=1S/C9H10O3S/c1-7(11)12-5-4-8-2-3-9(6-10)13-8/h2-3,6H,4-5H2,1H3. The second kappa shape index (κ2) is 4.77. The number of aldehydes is 1. The maximum Gasteiger partial charge on any atom is 0.302 e. The van der Waals surface area contributed by atoms with E-state index in [1.165, 1.54) is 18.3 Å². The monoisotopic (exact) mass is 198 g/mol. The minimum Gasteiger partial charge on any atom is -0.465 e. The van der Waals surface area contributed by atoms with E-state index in [0.29, 0.717) is 17.9 Å². The maximum atomic E-state index is 10.4. The number of ether oxygens (including phenoxy) is 1. The fourth-order valence-corrected chi connectivity index (χ4v) is 1.70. The number of rotatable bonds is 4. The zero-order valence-corrected chi connectivity index (χ0v) is 8.10. The molecular weight excluding hydrogens is 188 g/mol. The van der Waals surface area contributed by atoms with Crippen molar-refractivity contribution in [2.45, 2.75) is 13.3 Å². The summed E-state index contributed by atoms with van der Waals surface area (Å²) in [5.74, 6) is -0.271. The maximum absolute atomic E-state index is 10.4. The summed E-state index contributed by atoms with van der Waals surface area (Å²) < 4.78 is 4.77. The van der Waals surface area contributed by atoms with E-state index in [-0.39, 0.29) is 5.97 Å². The smallest absolute Gasteiger partial charge is 0.302 e. The number of carbonyl (C=O) groups excluding carboxylic acids is 2. The van der Waals surface area contributed by atoms with Crippen molar-refractivity contribution in [2.24, 2.45) is 0 Å². The molecule has 0 spiro atoms. The van der Waals surface area contributed by atoms with Crippen molar-refractivity contribution in [3.63, 3.8) is 0 Å². The van der Waals surface area contributed by atoms with Crippen molar-refractivity contribution in [3.05, 3.63) is 21.9 Å². The van der Waals surface area contributed by atoms with Crippen LogP contribution in [0.1, 0.15) is 21.5 Å². The molecule has 1 aromatic heterocycles. The summed E-state index contributed by atoms with van der Waals surface area (Å²) in [5.41, 5.74) is 0. The topological polar surface area (TPSA) is 43.4 Å². The van der Waals surface area contributed by atoms with Gasteiger partial charge < -0.3 is 4.74 Å². The van der Waals surface area contributed by atoms with E-state index in [0.717, 1.165) is 11.2 Å². The first kappa shape index (κ1) is 9.92. The molecule has 4 heteroatoms. The van der Waals surface area contributed by atoms with E-state index in [1.54, 1.807) is 6.07 Å². The Bertz CT molecular complexity index is 304. The highest BCUT2D eigenvalue weighted by molar-refractivity contribution is 7.13. The summed E-state index contributed by atoms with van der Waals surface area (Å²) in [6, 6.07) is 3.64. The van der Waals surface area contributed by atoms with Crippen LogP contribution in [-0.4, -0.2) is 18.9 Å². The van der Waals surface area contributed by atoms with Crippen LogP contribution in [-0.2, 0) is 16.0 Å². The van der Waals surface area contributed by atoms with Crippen LogP contribution >= 0.6 is 11.3 Å². The third-order valence-corrected chi connectivity index (χ3v) is 2.52. The molecular formula is C9H10O3S. The summed E-state index contributed by atoms with van der Waals surface area (Å²) in [6.07, 6.45) is 1.50. The molecule has 0 bridgehead atoms. The van der Waals surface area contributed by atoms with E-state index in [9.17, 15) is 9.59 Å². The lowest BCUT2D eigenvalue weighted by atomic mass is 10.3. The molecule has 0 aliphatic carbocycles. The van der Waals surface area contributed by atoms with Crippen LogP contribution in [0.5, 0.6) is 0 Å². The zero-order valence-electron chi connectivity index (χ0n) is 7.28. The summed E-state index contributed by atoms with van der Waals surface area (Å²) in [7, 11) is 0. The average molecular weight is 198 g/mol. The van der Waals surface area contributed by atoms with Crippen LogP contribution in [0, 0.1) is 0 Å². The quantitative estimate of drug-likeness (QED) is 0.546. The summed E-state index contributed by atoms with van der Waals surface area (Å²) in [5, 5.41) is 0. The minimum atomic E-state index is -0.271. The first-order chi connectivity index (χ1) is 6.22. The molecule has 0 radical (unpaired) electrons. The Morgan fingerprint density at radius 2 is 2.38 bits per heavy atom. The van der Waals surface area contributed by atoms with Gasteiger partial charge in [-0.3, -0.25) is 9.59 Å². The minimum absolute atomic E-state index is 0.271. The molecule has 0 aliphatic heterocycles. The third-order valence-electron chi connectivity index (χ3n) is 1.45. The fraction of sp³-hybridized carbons (Fsp3) is 0.333. The van der Waals surface area contributed by atoms with Gasteiger partial charge in [-0.05, 0) is 12.1 Å². The third kappa shape index (κ3) is 3.38. The lowest BCUT2D eigenvalue weighted by molar-refractivity contribution is -0.140. The molecule has 3 nitrogen and oxygen atoms in total. The van der Waals surface area contributed by atoms with Gasteiger partial charge in [0.1, 0.15) is 0 Å². The van der Waals surface area contributed by atoms with Gasteiger partial charge in [0.15, 0.2) is 6.29 Å². The van der Waals surface area contributed by atoms with E-state index < -0.39 is 0 Å². The van der Waals surface area contributed by atoms with Crippen molar-refractivity contribution in [1.29, 1.82) is 0 Å². The first-order valence-corrected chi connectivity index (χ1v) is 4.71. The van der Waals surface area contributed by atoms with Crippen LogP contribution in [0.15, 0.2) is 12.1 Å². The molecule has 0 atom stereocenters. The molecule has 1 aromatic rings. The van der Waals surface area contributed by atoms with Crippen molar-refractivity contribution < 1.29 is 14.3 Å². The zero-order chi connectivity index (χ0) is 9.68. The van der Waals surface area contributed by atoms with Crippen LogP contribution < -0.4 is 0 Å². The lowest BCUT2D eigenvalue weighted by Crippen LogP contribution is -2.01. The van der Waals surface area contributed by atoms with Crippen molar-refractivity contribution in [1.82, 2.24) is 0 Å². The SMILES string of the molecule is CC(=O)OCCc1ccc(C=O)s1. The summed E-state index contributed by atoms with van der Waals surface area (Å²) in [6.45, 7) is 1.76. The largest absolute Gasteiger partial charge is 0.465 e. The molecule has 0 fully saturated rings. The summed E-state index contributed by atoms with van der Waals surface area (Å²) >= 11 is 1.43. The average Bonchev–Trinajstić information content (AvgIpc) is 2.52. The molecule has 13 heavy (non-hydrogen) atoms. The Balaban J connectivity index is 2.36. The number of esters is 1. The van der Waals surface area contributed by atoms with Gasteiger partial charge in [-0.2, -0.15) is 0 Å². The Morgan fingerprint density at radius 3 is 2.92 bits per heavy atom. The first-order valence-electron chi connectivity index (χ1n) is 3.89. The molecule has 0 aromatic carbocycles. The molecule has 0 saturated heterocycles. The second-order valence-corrected chi connectivity index (χ2v) is 3.71. The van der Waals surface area contributed by atoms with E-state index >= 15 is 0 Å². The molecule has 70 valence electrons. The van der Waals surface area contributed by atoms with E-state index in [2.05, 4.69) is 0 Å². The van der Waals surface area contributed by atoms with Gasteiger partial charge >= 0.3 is 5.97 Å². The normalized spacial score (nSPS) is 9.62. The molecule has 0 amide bonds. The van der Waals surface area contributed by atoms with Gasteiger partial charge in [0.05, 0.1) is 11.5 Å². The number of carbonyl (C=O) groups is 2. The van der Waals surface area contributed by atoms with Crippen molar-refractivity contribution >= 4 is 23.6 Å². The van der Waals surface area contributed by atoms with Gasteiger partial charge in [0.2, 0.25) is 0 Å². The fourth-order valence-electron chi connectivity index (χ4n) is 0.888. The molecule has 0 aliphatic rings. The molecule has 0 N–H and O–H groups in total. The predicted octanol–water partition coefficient (Wildman–Crippen LogP) is 1.67. The number of hydrogen-bond acceptors (Lipinski definition) is 4. The van der Waals surface area contributed by atoms with Gasteiger partial charge in [-0.15, -0.1) is 11.3 Å². The Morgan fingerprint density at radius 1 is 1.62 bits per heavy atom. The van der Waals surface area contributed by atoms with Crippen LogP contribution in [0.4, 0.5) is 0 Å². The molecule has 1 rings (SSSR count). The lowest BCUT2D eigenvalue weighted by Gasteiger charge is -1.98. The van der Waals surface area contributed by atoms with Crippen LogP contribution in [0.25, 0.3) is 0 Å². The Kier molecular flexibility index (Phi) is 3.64. The van der Waals surface area contributed by atoms with Gasteiger partial charge in [-0.1, -0.05) is 0 Å². The highest BCUT2D eigenvalue weighted by atomic mass is 32.1. The van der Waals surface area contributed by atoms with Crippen LogP contribution in [0.3, 0.4) is 0 Å². The number of hydrogen-bond donors (Lipinski definition) is 0. The molecule has 0 unspecified atom stereocenters. The van der Waals surface area contributed by atoms with Crippen molar-refractivity contribution in [2.75, 3.05) is 6.61 Å². The molecule has 0 saturated carbocycles. The Labute approximate surface area is 80.3 Å².